The number of rotatable bonds is 3. The zero-order valence-corrected chi connectivity index (χ0v) is 9.96. The van der Waals surface area contributed by atoms with Gasteiger partial charge in [0.15, 0.2) is 0 Å². The summed E-state index contributed by atoms with van der Waals surface area (Å²) in [5, 5.41) is 9.04. The number of piperidine rings is 1. The second-order valence-corrected chi connectivity index (χ2v) is 5.34. The first-order chi connectivity index (χ1) is 7.28. The highest BCUT2D eigenvalue weighted by atomic mass is 32.1. The van der Waals surface area contributed by atoms with Crippen molar-refractivity contribution in [3.8, 4) is 0 Å². The van der Waals surface area contributed by atoms with Crippen molar-refractivity contribution >= 4 is 11.5 Å². The number of aromatic nitrogens is 1. The zero-order valence-electron chi connectivity index (χ0n) is 9.15. The van der Waals surface area contributed by atoms with Gasteiger partial charge < -0.3 is 5.11 Å². The van der Waals surface area contributed by atoms with E-state index in [0.29, 0.717) is 12.5 Å². The third kappa shape index (κ3) is 3.00. The van der Waals surface area contributed by atoms with Crippen molar-refractivity contribution in [1.82, 2.24) is 9.27 Å². The molecule has 1 saturated heterocycles. The smallest absolute Gasteiger partial charge is 0.0685 e. The minimum atomic E-state index is 0.351. The topological polar surface area (TPSA) is 36.4 Å². The largest absolute Gasteiger partial charge is 0.396 e. The van der Waals surface area contributed by atoms with Crippen LogP contribution in [0.2, 0.25) is 0 Å². The molecule has 84 valence electrons. The van der Waals surface area contributed by atoms with Crippen LogP contribution < -0.4 is 0 Å². The maximum absolute atomic E-state index is 9.04. The van der Waals surface area contributed by atoms with Gasteiger partial charge in [0, 0.05) is 18.0 Å². The van der Waals surface area contributed by atoms with E-state index < -0.39 is 0 Å². The molecule has 2 heterocycles. The third-order valence-electron chi connectivity index (χ3n) is 3.03. The van der Waals surface area contributed by atoms with E-state index in [-0.39, 0.29) is 0 Å². The van der Waals surface area contributed by atoms with Crippen molar-refractivity contribution in [3.63, 3.8) is 0 Å². The Morgan fingerprint density at radius 3 is 2.80 bits per heavy atom. The molecule has 0 spiro atoms. The quantitative estimate of drug-likeness (QED) is 0.851. The molecule has 0 bridgehead atoms. The minimum Gasteiger partial charge on any atom is -0.396 e. The van der Waals surface area contributed by atoms with Crippen LogP contribution in [0.15, 0.2) is 6.07 Å². The highest BCUT2D eigenvalue weighted by molar-refractivity contribution is 7.05. The Morgan fingerprint density at radius 1 is 1.53 bits per heavy atom. The van der Waals surface area contributed by atoms with Gasteiger partial charge in [0.2, 0.25) is 0 Å². The van der Waals surface area contributed by atoms with E-state index in [1.165, 1.54) is 10.6 Å². The molecular weight excluding hydrogens is 208 g/mol. The van der Waals surface area contributed by atoms with Gasteiger partial charge in [-0.25, -0.2) is 0 Å². The van der Waals surface area contributed by atoms with Crippen LogP contribution >= 0.6 is 11.5 Å². The van der Waals surface area contributed by atoms with Crippen molar-refractivity contribution in [2.75, 3.05) is 19.7 Å². The van der Waals surface area contributed by atoms with E-state index in [0.717, 1.165) is 32.5 Å². The van der Waals surface area contributed by atoms with E-state index in [4.69, 9.17) is 5.11 Å². The lowest BCUT2D eigenvalue weighted by atomic mass is 9.98. The van der Waals surface area contributed by atoms with Crippen LogP contribution in [0.5, 0.6) is 0 Å². The monoisotopic (exact) mass is 226 g/mol. The molecule has 1 N–H and O–H groups in total. The fourth-order valence-electron chi connectivity index (χ4n) is 2.05. The van der Waals surface area contributed by atoms with Crippen LogP contribution in [0.4, 0.5) is 0 Å². The molecule has 1 aliphatic rings. The molecule has 0 aromatic carbocycles. The first kappa shape index (κ1) is 11.0. The number of aliphatic hydroxyl groups excluding tert-OH is 1. The first-order valence-corrected chi connectivity index (χ1v) is 6.30. The van der Waals surface area contributed by atoms with Crippen molar-refractivity contribution in [2.24, 2.45) is 5.92 Å². The van der Waals surface area contributed by atoms with Crippen LogP contribution in [-0.2, 0) is 6.54 Å². The summed E-state index contributed by atoms with van der Waals surface area (Å²) >= 11 is 1.58. The summed E-state index contributed by atoms with van der Waals surface area (Å²) in [5.41, 5.74) is 1.19. The Kier molecular flexibility index (Phi) is 3.72. The van der Waals surface area contributed by atoms with Crippen LogP contribution in [-0.4, -0.2) is 34.1 Å². The van der Waals surface area contributed by atoms with Gasteiger partial charge in [0.1, 0.15) is 0 Å². The fourth-order valence-corrected chi connectivity index (χ4v) is 2.61. The number of aryl methyl sites for hydroxylation is 1. The second-order valence-electron chi connectivity index (χ2n) is 4.33. The van der Waals surface area contributed by atoms with E-state index in [2.05, 4.69) is 22.3 Å². The molecule has 3 nitrogen and oxygen atoms in total. The van der Waals surface area contributed by atoms with Crippen LogP contribution in [0.1, 0.15) is 23.4 Å². The molecule has 0 unspecified atom stereocenters. The fraction of sp³-hybridized carbons (Fsp3) is 0.727. The molecule has 2 rings (SSSR count). The summed E-state index contributed by atoms with van der Waals surface area (Å²) in [6, 6.07) is 2.17. The molecule has 15 heavy (non-hydrogen) atoms. The van der Waals surface area contributed by atoms with Crippen LogP contribution in [0.25, 0.3) is 0 Å². The SMILES string of the molecule is Cc1cc(CN2CCC(CO)CC2)ns1. The van der Waals surface area contributed by atoms with E-state index in [1.807, 2.05) is 0 Å². The lowest BCUT2D eigenvalue weighted by Gasteiger charge is -2.30. The standard InChI is InChI=1S/C11H18N2OS/c1-9-6-11(12-15-9)7-13-4-2-10(8-14)3-5-13/h6,10,14H,2-5,7-8H2,1H3. The molecule has 0 atom stereocenters. The number of hydrogen-bond acceptors (Lipinski definition) is 4. The van der Waals surface area contributed by atoms with Gasteiger partial charge in [-0.1, -0.05) is 0 Å². The van der Waals surface area contributed by atoms with Gasteiger partial charge in [-0.3, -0.25) is 4.90 Å². The predicted octanol–water partition coefficient (Wildman–Crippen LogP) is 1.66. The van der Waals surface area contributed by atoms with E-state index in [9.17, 15) is 0 Å². The summed E-state index contributed by atoms with van der Waals surface area (Å²) in [4.78, 5) is 3.72. The van der Waals surface area contributed by atoms with Gasteiger partial charge >= 0.3 is 0 Å². The Labute approximate surface area is 94.9 Å². The van der Waals surface area contributed by atoms with Gasteiger partial charge in [-0.2, -0.15) is 4.37 Å². The molecule has 1 fully saturated rings. The first-order valence-electron chi connectivity index (χ1n) is 5.53. The molecule has 0 radical (unpaired) electrons. The zero-order chi connectivity index (χ0) is 10.7. The van der Waals surface area contributed by atoms with Gasteiger partial charge in [0.05, 0.1) is 5.69 Å². The van der Waals surface area contributed by atoms with Crippen molar-refractivity contribution in [3.05, 3.63) is 16.6 Å². The van der Waals surface area contributed by atoms with Crippen LogP contribution in [0.3, 0.4) is 0 Å². The van der Waals surface area contributed by atoms with E-state index >= 15 is 0 Å². The highest BCUT2D eigenvalue weighted by Gasteiger charge is 2.18. The summed E-state index contributed by atoms with van der Waals surface area (Å²) in [7, 11) is 0. The maximum atomic E-state index is 9.04. The molecule has 1 aromatic heterocycles. The van der Waals surface area contributed by atoms with Crippen molar-refractivity contribution in [2.45, 2.75) is 26.3 Å². The van der Waals surface area contributed by atoms with Gasteiger partial charge in [-0.05, 0) is 56.4 Å². The molecule has 1 aromatic rings. The average Bonchev–Trinajstić information content (AvgIpc) is 2.65. The Morgan fingerprint density at radius 2 is 2.27 bits per heavy atom. The third-order valence-corrected chi connectivity index (χ3v) is 3.76. The molecule has 0 aliphatic carbocycles. The normalized spacial score (nSPS) is 19.6. The van der Waals surface area contributed by atoms with E-state index in [1.54, 1.807) is 11.5 Å². The molecule has 0 saturated carbocycles. The lowest BCUT2D eigenvalue weighted by Crippen LogP contribution is -2.34. The van der Waals surface area contributed by atoms with Crippen molar-refractivity contribution in [1.29, 1.82) is 0 Å². The minimum absolute atomic E-state index is 0.351. The second kappa shape index (κ2) is 5.05. The summed E-state index contributed by atoms with van der Waals surface area (Å²) in [6.45, 7) is 5.62. The Hall–Kier alpha value is -0.450. The molecule has 1 aliphatic heterocycles. The average molecular weight is 226 g/mol. The summed E-state index contributed by atoms with van der Waals surface area (Å²) in [6.07, 6.45) is 2.25. The highest BCUT2D eigenvalue weighted by Crippen LogP contribution is 2.18. The predicted molar refractivity (Wildman–Crippen MR) is 61.9 cm³/mol. The number of nitrogens with zero attached hydrogens (tertiary/aromatic N) is 2. The van der Waals surface area contributed by atoms with Crippen molar-refractivity contribution < 1.29 is 5.11 Å². The molecule has 0 amide bonds. The number of aliphatic hydroxyl groups is 1. The number of likely N-dealkylation sites (tertiary alicyclic amines) is 1. The molecular formula is C11H18N2OS. The summed E-state index contributed by atoms with van der Waals surface area (Å²) < 4.78 is 4.40. The van der Waals surface area contributed by atoms with Gasteiger partial charge in [0.25, 0.3) is 0 Å². The Bertz CT molecular complexity index is 305. The molecule has 4 heteroatoms. The van der Waals surface area contributed by atoms with Crippen LogP contribution in [0, 0.1) is 12.8 Å². The number of hydrogen-bond donors (Lipinski definition) is 1. The van der Waals surface area contributed by atoms with Gasteiger partial charge in [-0.15, -0.1) is 0 Å². The lowest BCUT2D eigenvalue weighted by molar-refractivity contribution is 0.127. The Balaban J connectivity index is 1.82. The summed E-state index contributed by atoms with van der Waals surface area (Å²) in [5.74, 6) is 0.526. The maximum Gasteiger partial charge on any atom is 0.0685 e.